The van der Waals surface area contributed by atoms with Crippen molar-refractivity contribution in [2.45, 2.75) is 25.3 Å². The number of benzene rings is 2. The Bertz CT molecular complexity index is 1670. The van der Waals surface area contributed by atoms with Crippen LogP contribution >= 0.6 is 11.6 Å². The predicted molar refractivity (Wildman–Crippen MR) is 148 cm³/mol. The second-order valence-electron chi connectivity index (χ2n) is 8.54. The van der Waals surface area contributed by atoms with Crippen LogP contribution in [0.2, 0.25) is 5.02 Å². The van der Waals surface area contributed by atoms with Crippen molar-refractivity contribution in [1.82, 2.24) is 19.6 Å². The molecule has 3 aromatic rings. The number of methoxy groups -OCH3 is 1. The molecule has 0 aliphatic rings. The Morgan fingerprint density at radius 1 is 1.31 bits per heavy atom. The molecule has 0 bridgehead atoms. The maximum atomic E-state index is 13.6. The van der Waals surface area contributed by atoms with Crippen molar-refractivity contribution in [2.24, 2.45) is 10.9 Å². The number of halogens is 2. The van der Waals surface area contributed by atoms with Crippen molar-refractivity contribution >= 4 is 50.7 Å². The van der Waals surface area contributed by atoms with Gasteiger partial charge in [0.15, 0.2) is 0 Å². The third kappa shape index (κ3) is 6.70. The summed E-state index contributed by atoms with van der Waals surface area (Å²) in [5.74, 6) is -1.55. The molecule has 3 rings (SSSR count). The second kappa shape index (κ2) is 12.2. The lowest BCUT2D eigenvalue weighted by Crippen LogP contribution is -2.32. The molecule has 10 nitrogen and oxygen atoms in total. The maximum absolute atomic E-state index is 13.6. The molecule has 1 atom stereocenters. The van der Waals surface area contributed by atoms with Gasteiger partial charge in [-0.2, -0.15) is 0 Å². The average Bonchev–Trinajstić information content (AvgIpc) is 2.91. The largest absolute Gasteiger partial charge is 0.480 e. The first kappa shape index (κ1) is 29.5. The van der Waals surface area contributed by atoms with Gasteiger partial charge in [-0.25, -0.2) is 22.8 Å². The number of nitrogens with zero attached hydrogens (tertiary/aromatic N) is 3. The summed E-state index contributed by atoms with van der Waals surface area (Å²) in [6.45, 7) is 6.96. The second-order valence-corrected chi connectivity index (χ2v) is 10.6. The molecule has 0 unspecified atom stereocenters. The number of carbonyl (C=O) groups excluding carboxylic acids is 1. The first-order chi connectivity index (χ1) is 18.4. The van der Waals surface area contributed by atoms with E-state index in [1.807, 2.05) is 0 Å². The van der Waals surface area contributed by atoms with Crippen LogP contribution in [0.4, 0.5) is 4.39 Å². The number of nitrogens with one attached hydrogen (secondary N) is 2. The Balaban J connectivity index is 2.04. The first-order valence-electron chi connectivity index (χ1n) is 11.5. The van der Waals surface area contributed by atoms with Gasteiger partial charge in [0.25, 0.3) is 15.6 Å². The Morgan fingerprint density at radius 3 is 2.64 bits per heavy atom. The van der Waals surface area contributed by atoms with Gasteiger partial charge in [-0.3, -0.25) is 18.9 Å². The van der Waals surface area contributed by atoms with Crippen molar-refractivity contribution in [3.05, 3.63) is 87.1 Å². The Morgan fingerprint density at radius 2 is 2.03 bits per heavy atom. The lowest BCUT2D eigenvalue weighted by Gasteiger charge is -2.14. The molecule has 39 heavy (non-hydrogen) atoms. The lowest BCUT2D eigenvalue weighted by molar-refractivity contribution is -0.124. The van der Waals surface area contributed by atoms with Crippen molar-refractivity contribution in [3.8, 4) is 0 Å². The highest BCUT2D eigenvalue weighted by Crippen LogP contribution is 2.23. The number of fused-ring (bicyclic) bond motifs is 1. The average molecular weight is 576 g/mol. The number of aliphatic imine (C=N–C) groups is 1. The van der Waals surface area contributed by atoms with Gasteiger partial charge < -0.3 is 10.1 Å². The standard InChI is InChI=1S/C26H27ClFN5O5S/c1-15(10-23(25(30-4)38-5)32-39(36,37)18-7-8-21(28)20(27)12-18)17-6-9-22-19(11-17)26(35)33(14-31-22)13-16(2)24(34)29-3/h6-12,14,16,32H,4,13H2,1-3,5H3,(H,29,34)/b15-10+,25-23-/t16-/m1/s1. The van der Waals surface area contributed by atoms with Gasteiger partial charge in [-0.1, -0.05) is 24.6 Å². The predicted octanol–water partition coefficient (Wildman–Crippen LogP) is 3.47. The van der Waals surface area contributed by atoms with Gasteiger partial charge in [0.05, 0.1) is 40.2 Å². The van der Waals surface area contributed by atoms with E-state index in [0.717, 1.165) is 18.2 Å². The topological polar surface area (TPSA) is 132 Å². The summed E-state index contributed by atoms with van der Waals surface area (Å²) in [7, 11) is -1.41. The van der Waals surface area contributed by atoms with Gasteiger partial charge in [-0.05, 0) is 61.2 Å². The number of amides is 1. The quantitative estimate of drug-likeness (QED) is 0.216. The molecule has 1 heterocycles. The highest BCUT2D eigenvalue weighted by atomic mass is 35.5. The fraction of sp³-hybridized carbons (Fsp3) is 0.231. The van der Waals surface area contributed by atoms with Crippen LogP contribution < -0.4 is 15.6 Å². The van der Waals surface area contributed by atoms with Crippen LogP contribution in [-0.4, -0.2) is 44.8 Å². The van der Waals surface area contributed by atoms with Crippen LogP contribution in [-0.2, 0) is 26.1 Å². The number of hydrogen-bond donors (Lipinski definition) is 2. The molecular formula is C26H27ClFN5O5S. The van der Waals surface area contributed by atoms with E-state index >= 15 is 0 Å². The summed E-state index contributed by atoms with van der Waals surface area (Å²) in [4.78, 5) is 32.9. The number of allylic oxidation sites excluding steroid dienone is 2. The molecular weight excluding hydrogens is 549 g/mol. The molecule has 0 radical (unpaired) electrons. The number of carbonyl (C=O) groups is 1. The zero-order valence-electron chi connectivity index (χ0n) is 21.7. The summed E-state index contributed by atoms with van der Waals surface area (Å²) >= 11 is 5.76. The smallest absolute Gasteiger partial charge is 0.262 e. The van der Waals surface area contributed by atoms with Crippen LogP contribution in [0.25, 0.3) is 16.5 Å². The minimum absolute atomic E-state index is 0.0615. The summed E-state index contributed by atoms with van der Waals surface area (Å²) < 4.78 is 48.5. The van der Waals surface area contributed by atoms with Crippen LogP contribution in [0.15, 0.2) is 75.1 Å². The molecule has 0 saturated heterocycles. The fourth-order valence-electron chi connectivity index (χ4n) is 3.70. The SMILES string of the molecule is C=N/C(OC)=C(\C=C(/C)c1ccc2ncn(C[C@@H](C)C(=O)NC)c(=O)c2c1)NS(=O)(=O)c1ccc(F)c(Cl)c1. The van der Waals surface area contributed by atoms with E-state index < -0.39 is 21.8 Å². The maximum Gasteiger partial charge on any atom is 0.262 e. The number of sulfonamides is 1. The summed E-state index contributed by atoms with van der Waals surface area (Å²) in [6, 6.07) is 7.99. The molecule has 0 saturated carbocycles. The van der Waals surface area contributed by atoms with E-state index in [0.29, 0.717) is 22.0 Å². The van der Waals surface area contributed by atoms with E-state index in [1.54, 1.807) is 32.0 Å². The third-order valence-corrected chi connectivity index (χ3v) is 7.47. The molecule has 0 fully saturated rings. The minimum atomic E-state index is -4.23. The molecule has 1 aromatic heterocycles. The highest BCUT2D eigenvalue weighted by molar-refractivity contribution is 7.89. The van der Waals surface area contributed by atoms with Crippen molar-refractivity contribution in [1.29, 1.82) is 0 Å². The Labute approximate surface area is 229 Å². The van der Waals surface area contributed by atoms with E-state index in [9.17, 15) is 22.4 Å². The first-order valence-corrected chi connectivity index (χ1v) is 13.4. The van der Waals surface area contributed by atoms with E-state index in [4.69, 9.17) is 16.3 Å². The van der Waals surface area contributed by atoms with Crippen molar-refractivity contribution in [2.75, 3.05) is 14.2 Å². The molecule has 0 aliphatic heterocycles. The van der Waals surface area contributed by atoms with Gasteiger partial charge >= 0.3 is 0 Å². The molecule has 0 spiro atoms. The third-order valence-electron chi connectivity index (χ3n) is 5.82. The molecule has 13 heteroatoms. The van der Waals surface area contributed by atoms with Crippen molar-refractivity contribution in [3.63, 3.8) is 0 Å². The van der Waals surface area contributed by atoms with E-state index in [1.165, 1.54) is 31.1 Å². The summed E-state index contributed by atoms with van der Waals surface area (Å²) in [5, 5.41) is 2.51. The molecule has 2 N–H and O–H groups in total. The molecule has 2 aromatic carbocycles. The molecule has 0 aliphatic carbocycles. The number of ether oxygens (including phenoxy) is 1. The van der Waals surface area contributed by atoms with Crippen LogP contribution in [0.1, 0.15) is 19.4 Å². The van der Waals surface area contributed by atoms with Gasteiger partial charge in [0.1, 0.15) is 11.5 Å². The normalized spacial score (nSPS) is 13.4. The zero-order valence-corrected chi connectivity index (χ0v) is 23.2. The van der Waals surface area contributed by atoms with Gasteiger partial charge in [-0.15, -0.1) is 0 Å². The number of hydrogen-bond acceptors (Lipinski definition) is 7. The highest BCUT2D eigenvalue weighted by Gasteiger charge is 2.20. The Hall–Kier alpha value is -4.03. The van der Waals surface area contributed by atoms with E-state index in [-0.39, 0.29) is 39.5 Å². The molecule has 206 valence electrons. The van der Waals surface area contributed by atoms with Crippen molar-refractivity contribution < 1.29 is 22.3 Å². The van der Waals surface area contributed by atoms with E-state index in [2.05, 4.69) is 26.7 Å². The van der Waals surface area contributed by atoms with Crippen LogP contribution in [0, 0.1) is 11.7 Å². The monoisotopic (exact) mass is 575 g/mol. The molecule has 1 amide bonds. The summed E-state index contributed by atoms with van der Waals surface area (Å²) in [5.41, 5.74) is 1.18. The van der Waals surface area contributed by atoms with Gasteiger partial charge in [0.2, 0.25) is 11.8 Å². The fourth-order valence-corrected chi connectivity index (χ4v) is 5.02. The van der Waals surface area contributed by atoms with Crippen LogP contribution in [0.3, 0.4) is 0 Å². The lowest BCUT2D eigenvalue weighted by atomic mass is 10.0. The summed E-state index contributed by atoms with van der Waals surface area (Å²) in [6.07, 6.45) is 2.85. The van der Waals surface area contributed by atoms with Crippen LogP contribution in [0.5, 0.6) is 0 Å². The van der Waals surface area contributed by atoms with Gasteiger partial charge in [0, 0.05) is 13.6 Å². The number of rotatable bonds is 10. The zero-order chi connectivity index (χ0) is 28.9. The minimum Gasteiger partial charge on any atom is -0.480 e. The Kier molecular flexibility index (Phi) is 9.25. The number of aromatic nitrogens is 2.